The molecule has 1 aromatic rings. The SMILES string of the molecule is Cc1ncc(S(=O)(=O)NCCCCC(N)=S)s1. The molecular weight excluding hydrogens is 278 g/mol. The Labute approximate surface area is 110 Å². The molecule has 0 aromatic carbocycles. The van der Waals surface area contributed by atoms with Crippen molar-refractivity contribution in [1.29, 1.82) is 0 Å². The van der Waals surface area contributed by atoms with Crippen molar-refractivity contribution in [3.63, 3.8) is 0 Å². The van der Waals surface area contributed by atoms with E-state index < -0.39 is 10.0 Å². The first kappa shape index (κ1) is 14.5. The first-order chi connectivity index (χ1) is 7.92. The molecule has 0 radical (unpaired) electrons. The third-order valence-corrected chi connectivity index (χ3v) is 5.05. The summed E-state index contributed by atoms with van der Waals surface area (Å²) in [4.78, 5) is 4.38. The highest BCUT2D eigenvalue weighted by atomic mass is 32.2. The van der Waals surface area contributed by atoms with E-state index >= 15 is 0 Å². The minimum absolute atomic E-state index is 0.254. The largest absolute Gasteiger partial charge is 0.393 e. The Morgan fingerprint density at radius 1 is 1.59 bits per heavy atom. The van der Waals surface area contributed by atoms with Gasteiger partial charge in [-0.2, -0.15) is 0 Å². The van der Waals surface area contributed by atoms with Gasteiger partial charge in [0.15, 0.2) is 4.21 Å². The second kappa shape index (κ2) is 6.39. The van der Waals surface area contributed by atoms with Crippen LogP contribution in [-0.4, -0.2) is 24.9 Å². The number of unbranched alkanes of at least 4 members (excludes halogenated alkanes) is 1. The Morgan fingerprint density at radius 3 is 2.82 bits per heavy atom. The predicted octanol–water partition coefficient (Wildman–Crippen LogP) is 1.19. The zero-order valence-electron chi connectivity index (χ0n) is 9.47. The lowest BCUT2D eigenvalue weighted by molar-refractivity contribution is 0.579. The fraction of sp³-hybridized carbons (Fsp3) is 0.556. The minimum atomic E-state index is -3.40. The average molecular weight is 293 g/mol. The van der Waals surface area contributed by atoms with Gasteiger partial charge in [-0.15, -0.1) is 11.3 Å². The van der Waals surface area contributed by atoms with Crippen LogP contribution in [0.2, 0.25) is 0 Å². The fourth-order valence-corrected chi connectivity index (χ4v) is 3.54. The van der Waals surface area contributed by atoms with E-state index in [0.29, 0.717) is 24.4 Å². The molecule has 0 aliphatic rings. The van der Waals surface area contributed by atoms with Gasteiger partial charge in [0.2, 0.25) is 0 Å². The van der Waals surface area contributed by atoms with Crippen LogP contribution in [0.25, 0.3) is 0 Å². The summed E-state index contributed by atoms with van der Waals surface area (Å²) in [5.41, 5.74) is 5.34. The van der Waals surface area contributed by atoms with Gasteiger partial charge in [-0.3, -0.25) is 0 Å². The summed E-state index contributed by atoms with van der Waals surface area (Å²) >= 11 is 5.89. The first-order valence-electron chi connectivity index (χ1n) is 5.12. The van der Waals surface area contributed by atoms with Gasteiger partial charge >= 0.3 is 0 Å². The molecule has 3 N–H and O–H groups in total. The number of sulfonamides is 1. The molecule has 1 rings (SSSR count). The van der Waals surface area contributed by atoms with Crippen molar-refractivity contribution in [2.45, 2.75) is 30.4 Å². The van der Waals surface area contributed by atoms with Crippen LogP contribution in [0, 0.1) is 6.92 Å². The van der Waals surface area contributed by atoms with Crippen molar-refractivity contribution >= 4 is 38.6 Å². The Hall–Kier alpha value is -0.570. The van der Waals surface area contributed by atoms with E-state index in [4.69, 9.17) is 18.0 Å². The van der Waals surface area contributed by atoms with Gasteiger partial charge < -0.3 is 5.73 Å². The highest BCUT2D eigenvalue weighted by Gasteiger charge is 2.15. The fourth-order valence-electron chi connectivity index (χ4n) is 1.17. The number of aromatic nitrogens is 1. The van der Waals surface area contributed by atoms with E-state index in [9.17, 15) is 8.42 Å². The van der Waals surface area contributed by atoms with Gasteiger partial charge in [0, 0.05) is 6.54 Å². The van der Waals surface area contributed by atoms with Crippen molar-refractivity contribution in [3.8, 4) is 0 Å². The van der Waals surface area contributed by atoms with Crippen molar-refractivity contribution in [3.05, 3.63) is 11.2 Å². The molecule has 1 heterocycles. The van der Waals surface area contributed by atoms with Gasteiger partial charge in [-0.05, 0) is 26.2 Å². The molecule has 0 spiro atoms. The number of hydrogen-bond donors (Lipinski definition) is 2. The molecule has 96 valence electrons. The maximum atomic E-state index is 11.8. The highest BCUT2D eigenvalue weighted by Crippen LogP contribution is 2.17. The number of nitrogens with two attached hydrogens (primary N) is 1. The summed E-state index contributed by atoms with van der Waals surface area (Å²) < 4.78 is 26.3. The summed E-state index contributed by atoms with van der Waals surface area (Å²) in [6.45, 7) is 2.16. The summed E-state index contributed by atoms with van der Waals surface area (Å²) in [5.74, 6) is 0. The van der Waals surface area contributed by atoms with Crippen molar-refractivity contribution in [2.75, 3.05) is 6.54 Å². The molecule has 0 saturated heterocycles. The van der Waals surface area contributed by atoms with Crippen LogP contribution in [-0.2, 0) is 10.0 Å². The Morgan fingerprint density at radius 2 is 2.29 bits per heavy atom. The number of rotatable bonds is 7. The van der Waals surface area contributed by atoms with Gasteiger partial charge in [-0.1, -0.05) is 12.2 Å². The van der Waals surface area contributed by atoms with Crippen molar-refractivity contribution < 1.29 is 8.42 Å². The lowest BCUT2D eigenvalue weighted by atomic mass is 10.2. The second-order valence-electron chi connectivity index (χ2n) is 3.52. The lowest BCUT2D eigenvalue weighted by Crippen LogP contribution is -2.24. The Kier molecular flexibility index (Phi) is 5.44. The normalized spacial score (nSPS) is 11.6. The second-order valence-corrected chi connectivity index (χ2v) is 7.27. The number of aryl methyl sites for hydroxylation is 1. The van der Waals surface area contributed by atoms with Crippen LogP contribution >= 0.6 is 23.6 Å². The maximum Gasteiger partial charge on any atom is 0.251 e. The molecule has 17 heavy (non-hydrogen) atoms. The van der Waals surface area contributed by atoms with Crippen LogP contribution in [0.15, 0.2) is 10.4 Å². The van der Waals surface area contributed by atoms with Crippen LogP contribution in [0.4, 0.5) is 0 Å². The highest BCUT2D eigenvalue weighted by molar-refractivity contribution is 7.91. The molecule has 0 bridgehead atoms. The molecule has 5 nitrogen and oxygen atoms in total. The smallest absolute Gasteiger partial charge is 0.251 e. The Bertz CT molecular complexity index is 481. The molecule has 0 amide bonds. The summed E-state index contributed by atoms with van der Waals surface area (Å²) in [7, 11) is -3.40. The molecule has 0 aliphatic carbocycles. The third-order valence-electron chi connectivity index (χ3n) is 2.01. The van der Waals surface area contributed by atoms with Crippen LogP contribution < -0.4 is 10.5 Å². The lowest BCUT2D eigenvalue weighted by Gasteiger charge is -2.03. The van der Waals surface area contributed by atoms with E-state index in [0.717, 1.165) is 22.8 Å². The quantitative estimate of drug-likeness (QED) is 0.582. The number of hydrogen-bond acceptors (Lipinski definition) is 5. The van der Waals surface area contributed by atoms with E-state index in [1.807, 2.05) is 0 Å². The van der Waals surface area contributed by atoms with Crippen LogP contribution in [0.3, 0.4) is 0 Å². The number of thiazole rings is 1. The number of nitrogens with one attached hydrogen (secondary N) is 1. The van der Waals surface area contributed by atoms with Gasteiger partial charge in [0.1, 0.15) is 0 Å². The maximum absolute atomic E-state index is 11.8. The van der Waals surface area contributed by atoms with E-state index in [2.05, 4.69) is 9.71 Å². The summed E-state index contributed by atoms with van der Waals surface area (Å²) in [5, 5.41) is 0.735. The summed E-state index contributed by atoms with van der Waals surface area (Å²) in [6, 6.07) is 0. The van der Waals surface area contributed by atoms with Crippen LogP contribution in [0.1, 0.15) is 24.3 Å². The molecule has 1 aromatic heterocycles. The molecule has 0 aliphatic heterocycles. The number of nitrogens with zero attached hydrogens (tertiary/aromatic N) is 1. The third kappa shape index (κ3) is 5.07. The standard InChI is InChI=1S/C9H15N3O2S3/c1-7-11-6-9(16-7)17(13,14)12-5-3-2-4-8(10)15/h6,12H,2-5H2,1H3,(H2,10,15). The average Bonchev–Trinajstić information content (AvgIpc) is 2.64. The monoisotopic (exact) mass is 293 g/mol. The van der Waals surface area contributed by atoms with Crippen molar-refractivity contribution in [1.82, 2.24) is 9.71 Å². The zero-order chi connectivity index (χ0) is 12.9. The van der Waals surface area contributed by atoms with Gasteiger partial charge in [0.25, 0.3) is 10.0 Å². The van der Waals surface area contributed by atoms with Crippen molar-refractivity contribution in [2.24, 2.45) is 5.73 Å². The molecular formula is C9H15N3O2S3. The topological polar surface area (TPSA) is 85.1 Å². The minimum Gasteiger partial charge on any atom is -0.393 e. The van der Waals surface area contributed by atoms with Gasteiger partial charge in [-0.25, -0.2) is 18.1 Å². The van der Waals surface area contributed by atoms with E-state index in [1.165, 1.54) is 6.20 Å². The molecule has 0 fully saturated rings. The summed E-state index contributed by atoms with van der Waals surface area (Å²) in [6.07, 6.45) is 3.53. The predicted molar refractivity (Wildman–Crippen MR) is 72.7 cm³/mol. The van der Waals surface area contributed by atoms with Gasteiger partial charge in [0.05, 0.1) is 16.2 Å². The molecule has 0 atom stereocenters. The molecule has 0 unspecified atom stereocenters. The van der Waals surface area contributed by atoms with Crippen LogP contribution in [0.5, 0.6) is 0 Å². The Balaban J connectivity index is 2.38. The van der Waals surface area contributed by atoms with E-state index in [-0.39, 0.29) is 4.21 Å². The van der Waals surface area contributed by atoms with E-state index in [1.54, 1.807) is 6.92 Å². The number of thiocarbonyl (C=S) groups is 1. The molecule has 0 saturated carbocycles. The first-order valence-corrected chi connectivity index (χ1v) is 7.83. The molecule has 8 heteroatoms. The zero-order valence-corrected chi connectivity index (χ0v) is 11.9.